The van der Waals surface area contributed by atoms with Gasteiger partial charge in [0.15, 0.2) is 0 Å². The van der Waals surface area contributed by atoms with Gasteiger partial charge in [-0.25, -0.2) is 13.1 Å². The molecule has 0 unspecified atom stereocenters. The summed E-state index contributed by atoms with van der Waals surface area (Å²) in [5.41, 5.74) is 6.25. The predicted molar refractivity (Wildman–Crippen MR) is 76.5 cm³/mol. The van der Waals surface area contributed by atoms with Crippen LogP contribution in [0.2, 0.25) is 0 Å². The van der Waals surface area contributed by atoms with Gasteiger partial charge in [-0.3, -0.25) is 0 Å². The maximum absolute atomic E-state index is 12.2. The SMILES string of the molecule is CCOC(C)(C)CNS(=O)(=O)c1ccc(N)cc1C. The first-order chi connectivity index (χ1) is 8.68. The summed E-state index contributed by atoms with van der Waals surface area (Å²) in [4.78, 5) is 0.244. The number of hydrogen-bond acceptors (Lipinski definition) is 4. The average molecular weight is 286 g/mol. The Balaban J connectivity index is 2.87. The average Bonchev–Trinajstić information content (AvgIpc) is 2.26. The predicted octanol–water partition coefficient (Wildman–Crippen LogP) is 1.67. The molecule has 0 amide bonds. The van der Waals surface area contributed by atoms with Crippen molar-refractivity contribution in [2.75, 3.05) is 18.9 Å². The molecule has 0 bridgehead atoms. The second-order valence-electron chi connectivity index (χ2n) is 5.04. The Labute approximate surface area is 115 Å². The summed E-state index contributed by atoms with van der Waals surface area (Å²) < 4.78 is 32.4. The molecule has 6 heteroatoms. The third kappa shape index (κ3) is 4.49. The lowest BCUT2D eigenvalue weighted by Gasteiger charge is -2.25. The van der Waals surface area contributed by atoms with Gasteiger partial charge in [-0.05, 0) is 51.5 Å². The van der Waals surface area contributed by atoms with E-state index in [1.807, 2.05) is 20.8 Å². The number of hydrogen-bond donors (Lipinski definition) is 2. The Morgan fingerprint density at radius 2 is 2.00 bits per heavy atom. The van der Waals surface area contributed by atoms with E-state index >= 15 is 0 Å². The van der Waals surface area contributed by atoms with Gasteiger partial charge >= 0.3 is 0 Å². The molecule has 19 heavy (non-hydrogen) atoms. The largest absolute Gasteiger partial charge is 0.399 e. The summed E-state index contributed by atoms with van der Waals surface area (Å²) in [6.45, 7) is 8.03. The minimum absolute atomic E-state index is 0.215. The summed E-state index contributed by atoms with van der Waals surface area (Å²) in [5.74, 6) is 0. The van der Waals surface area contributed by atoms with Crippen LogP contribution in [0, 0.1) is 6.92 Å². The molecule has 0 saturated heterocycles. The number of ether oxygens (including phenoxy) is 1. The molecule has 108 valence electrons. The number of nitrogen functional groups attached to an aromatic ring is 1. The summed E-state index contributed by atoms with van der Waals surface area (Å²) in [7, 11) is -3.54. The molecule has 0 aliphatic heterocycles. The first kappa shape index (κ1) is 15.9. The molecule has 0 aliphatic carbocycles. The molecule has 0 fully saturated rings. The van der Waals surface area contributed by atoms with Crippen molar-refractivity contribution in [3.05, 3.63) is 23.8 Å². The number of nitrogens with two attached hydrogens (primary N) is 1. The van der Waals surface area contributed by atoms with Crippen molar-refractivity contribution in [3.8, 4) is 0 Å². The lowest BCUT2D eigenvalue weighted by atomic mass is 10.1. The van der Waals surface area contributed by atoms with Crippen molar-refractivity contribution in [2.24, 2.45) is 0 Å². The van der Waals surface area contributed by atoms with Gasteiger partial charge in [-0.2, -0.15) is 0 Å². The fraction of sp³-hybridized carbons (Fsp3) is 0.538. The summed E-state index contributed by atoms with van der Waals surface area (Å²) >= 11 is 0. The Morgan fingerprint density at radius 3 is 2.53 bits per heavy atom. The van der Waals surface area contributed by atoms with Gasteiger partial charge in [-0.15, -0.1) is 0 Å². The Hall–Kier alpha value is -1.11. The van der Waals surface area contributed by atoms with E-state index in [9.17, 15) is 8.42 Å². The molecule has 0 radical (unpaired) electrons. The van der Waals surface area contributed by atoms with Crippen LogP contribution in [0.5, 0.6) is 0 Å². The molecule has 0 aromatic heterocycles. The van der Waals surface area contributed by atoms with E-state index in [1.54, 1.807) is 19.1 Å². The van der Waals surface area contributed by atoms with Crippen molar-refractivity contribution >= 4 is 15.7 Å². The maximum atomic E-state index is 12.2. The van der Waals surface area contributed by atoms with Gasteiger partial charge in [0.05, 0.1) is 10.5 Å². The number of rotatable bonds is 6. The van der Waals surface area contributed by atoms with Gasteiger partial charge in [0.2, 0.25) is 10.0 Å². The quantitative estimate of drug-likeness (QED) is 0.779. The minimum atomic E-state index is -3.54. The van der Waals surface area contributed by atoms with Crippen LogP contribution in [0.1, 0.15) is 26.3 Å². The topological polar surface area (TPSA) is 81.4 Å². The first-order valence-electron chi connectivity index (χ1n) is 6.18. The molecule has 5 nitrogen and oxygen atoms in total. The van der Waals surface area contributed by atoms with Crippen LogP contribution >= 0.6 is 0 Å². The number of nitrogens with one attached hydrogen (secondary N) is 1. The van der Waals surface area contributed by atoms with Crippen molar-refractivity contribution < 1.29 is 13.2 Å². The molecular formula is C13H22N2O3S. The van der Waals surface area contributed by atoms with Crippen LogP contribution in [0.25, 0.3) is 0 Å². The van der Waals surface area contributed by atoms with Crippen LogP contribution in [0.4, 0.5) is 5.69 Å². The van der Waals surface area contributed by atoms with Crippen LogP contribution < -0.4 is 10.5 Å². The fourth-order valence-corrected chi connectivity index (χ4v) is 3.19. The third-order valence-corrected chi connectivity index (χ3v) is 4.27. The molecule has 0 heterocycles. The smallest absolute Gasteiger partial charge is 0.240 e. The monoisotopic (exact) mass is 286 g/mol. The third-order valence-electron chi connectivity index (χ3n) is 2.71. The lowest BCUT2D eigenvalue weighted by molar-refractivity contribution is -0.00515. The Bertz CT molecular complexity index is 539. The maximum Gasteiger partial charge on any atom is 0.240 e. The number of anilines is 1. The summed E-state index contributed by atoms with van der Waals surface area (Å²) in [6, 6.07) is 4.73. The second kappa shape index (κ2) is 5.90. The molecule has 1 aromatic carbocycles. The van der Waals surface area contributed by atoms with Crippen molar-refractivity contribution in [3.63, 3.8) is 0 Å². The zero-order valence-electron chi connectivity index (χ0n) is 11.9. The van der Waals surface area contributed by atoms with Crippen LogP contribution in [-0.4, -0.2) is 27.2 Å². The summed E-state index contributed by atoms with van der Waals surface area (Å²) in [5, 5.41) is 0. The second-order valence-corrected chi connectivity index (χ2v) is 6.78. The van der Waals surface area contributed by atoms with E-state index in [0.29, 0.717) is 17.9 Å². The van der Waals surface area contributed by atoms with E-state index in [0.717, 1.165) is 0 Å². The molecule has 0 saturated carbocycles. The standard InChI is InChI=1S/C13H22N2O3S/c1-5-18-13(3,4)9-15-19(16,17)12-7-6-11(14)8-10(12)2/h6-8,15H,5,9,14H2,1-4H3. The highest BCUT2D eigenvalue weighted by Crippen LogP contribution is 2.18. The van der Waals surface area contributed by atoms with E-state index in [-0.39, 0.29) is 11.4 Å². The van der Waals surface area contributed by atoms with Gasteiger partial charge in [0, 0.05) is 18.8 Å². The molecular weight excluding hydrogens is 264 g/mol. The van der Waals surface area contributed by atoms with Crippen LogP contribution in [0.3, 0.4) is 0 Å². The van der Waals surface area contributed by atoms with E-state index < -0.39 is 15.6 Å². The van der Waals surface area contributed by atoms with E-state index in [2.05, 4.69) is 4.72 Å². The van der Waals surface area contributed by atoms with Gasteiger partial charge in [0.25, 0.3) is 0 Å². The number of aryl methyl sites for hydroxylation is 1. The van der Waals surface area contributed by atoms with E-state index in [1.165, 1.54) is 6.07 Å². The summed E-state index contributed by atoms with van der Waals surface area (Å²) in [6.07, 6.45) is 0. The highest BCUT2D eigenvalue weighted by molar-refractivity contribution is 7.89. The zero-order chi connectivity index (χ0) is 14.7. The van der Waals surface area contributed by atoms with Crippen LogP contribution in [-0.2, 0) is 14.8 Å². The normalized spacial score (nSPS) is 12.6. The minimum Gasteiger partial charge on any atom is -0.399 e. The van der Waals surface area contributed by atoms with Crippen LogP contribution in [0.15, 0.2) is 23.1 Å². The van der Waals surface area contributed by atoms with Crippen molar-refractivity contribution in [2.45, 2.75) is 38.2 Å². The fourth-order valence-electron chi connectivity index (χ4n) is 1.76. The zero-order valence-corrected chi connectivity index (χ0v) is 12.7. The van der Waals surface area contributed by atoms with Crippen molar-refractivity contribution in [1.82, 2.24) is 4.72 Å². The van der Waals surface area contributed by atoms with Gasteiger partial charge < -0.3 is 10.5 Å². The highest BCUT2D eigenvalue weighted by Gasteiger charge is 2.23. The molecule has 0 atom stereocenters. The Kier molecular flexibility index (Phi) is 4.95. The molecule has 0 spiro atoms. The molecule has 3 N–H and O–H groups in total. The van der Waals surface area contributed by atoms with Gasteiger partial charge in [-0.1, -0.05) is 0 Å². The molecule has 1 rings (SSSR count). The number of benzene rings is 1. The first-order valence-corrected chi connectivity index (χ1v) is 7.66. The Morgan fingerprint density at radius 1 is 1.37 bits per heavy atom. The molecule has 1 aromatic rings. The molecule has 0 aliphatic rings. The van der Waals surface area contributed by atoms with E-state index in [4.69, 9.17) is 10.5 Å². The van der Waals surface area contributed by atoms with Gasteiger partial charge in [0.1, 0.15) is 0 Å². The number of sulfonamides is 1. The highest BCUT2D eigenvalue weighted by atomic mass is 32.2. The van der Waals surface area contributed by atoms with Crippen molar-refractivity contribution in [1.29, 1.82) is 0 Å². The lowest BCUT2D eigenvalue weighted by Crippen LogP contribution is -2.40.